The number of nitrogens with zero attached hydrogens (tertiary/aromatic N) is 1. The summed E-state index contributed by atoms with van der Waals surface area (Å²) in [4.78, 5) is 24.0. The highest BCUT2D eigenvalue weighted by molar-refractivity contribution is 5.17. The fraction of sp³-hybridized carbons (Fsp3) is 0.167. The molecule has 2 N–H and O–H groups in total. The van der Waals surface area contributed by atoms with Crippen molar-refractivity contribution in [2.24, 2.45) is 0 Å². The minimum Gasteiger partial charge on any atom is -0.492 e. The van der Waals surface area contributed by atoms with Crippen molar-refractivity contribution < 1.29 is 13.9 Å². The zero-order valence-corrected chi connectivity index (χ0v) is 9.69. The van der Waals surface area contributed by atoms with Gasteiger partial charge in [0.1, 0.15) is 5.82 Å². The number of rotatable bonds is 3. The van der Waals surface area contributed by atoms with Crippen LogP contribution in [-0.4, -0.2) is 14.7 Å². The van der Waals surface area contributed by atoms with Gasteiger partial charge in [0.2, 0.25) is 11.7 Å². The predicted molar refractivity (Wildman–Crippen MR) is 63.0 cm³/mol. The molecule has 1 aromatic carbocycles. The van der Waals surface area contributed by atoms with Gasteiger partial charge in [-0.25, -0.2) is 9.18 Å². The van der Waals surface area contributed by atoms with Crippen molar-refractivity contribution in [2.45, 2.75) is 13.0 Å². The number of aromatic amines is 1. The molecule has 0 bridgehead atoms. The number of halogens is 2. The van der Waals surface area contributed by atoms with Crippen molar-refractivity contribution in [1.82, 2.24) is 9.55 Å². The first-order valence-corrected chi connectivity index (χ1v) is 5.45. The van der Waals surface area contributed by atoms with Crippen LogP contribution in [0.3, 0.4) is 0 Å². The molecule has 19 heavy (non-hydrogen) atoms. The summed E-state index contributed by atoms with van der Waals surface area (Å²) in [5.41, 5.74) is -1.45. The average Bonchev–Trinajstić information content (AvgIpc) is 2.38. The molecule has 2 aromatic rings. The van der Waals surface area contributed by atoms with Crippen LogP contribution in [0.1, 0.15) is 5.56 Å². The molecule has 5 nitrogen and oxygen atoms in total. The van der Waals surface area contributed by atoms with Gasteiger partial charge in [-0.05, 0) is 24.1 Å². The molecule has 7 heteroatoms. The van der Waals surface area contributed by atoms with Crippen LogP contribution < -0.4 is 11.2 Å². The smallest absolute Gasteiger partial charge is 0.331 e. The van der Waals surface area contributed by atoms with E-state index in [1.807, 2.05) is 0 Å². The minimum atomic E-state index is -1.40. The van der Waals surface area contributed by atoms with Crippen molar-refractivity contribution in [3.8, 4) is 5.88 Å². The molecular formula is C12H10F2N2O3. The Labute approximate surface area is 105 Å². The monoisotopic (exact) mass is 268 g/mol. The first kappa shape index (κ1) is 13.0. The van der Waals surface area contributed by atoms with Crippen LogP contribution >= 0.6 is 0 Å². The molecule has 1 aromatic heterocycles. The third-order valence-electron chi connectivity index (χ3n) is 2.65. The Kier molecular flexibility index (Phi) is 3.46. The Morgan fingerprint density at radius 2 is 1.79 bits per heavy atom. The van der Waals surface area contributed by atoms with Crippen LogP contribution in [0, 0.1) is 11.6 Å². The lowest BCUT2D eigenvalue weighted by Crippen LogP contribution is -2.32. The van der Waals surface area contributed by atoms with E-state index >= 15 is 0 Å². The van der Waals surface area contributed by atoms with Crippen LogP contribution in [-0.2, 0) is 13.0 Å². The van der Waals surface area contributed by atoms with E-state index in [4.69, 9.17) is 0 Å². The van der Waals surface area contributed by atoms with Crippen LogP contribution in [0.5, 0.6) is 5.88 Å². The lowest BCUT2D eigenvalue weighted by molar-refractivity contribution is 0.360. The van der Waals surface area contributed by atoms with Crippen LogP contribution in [0.25, 0.3) is 0 Å². The van der Waals surface area contributed by atoms with E-state index in [9.17, 15) is 23.5 Å². The average molecular weight is 268 g/mol. The molecule has 0 atom stereocenters. The highest BCUT2D eigenvalue weighted by Gasteiger charge is 2.13. The Bertz CT molecular complexity index is 704. The molecule has 0 unspecified atom stereocenters. The Morgan fingerprint density at radius 3 is 2.42 bits per heavy atom. The van der Waals surface area contributed by atoms with Gasteiger partial charge in [0.25, 0.3) is 5.56 Å². The lowest BCUT2D eigenvalue weighted by Gasteiger charge is -2.07. The molecule has 100 valence electrons. The van der Waals surface area contributed by atoms with E-state index in [0.29, 0.717) is 10.1 Å². The van der Waals surface area contributed by atoms with Gasteiger partial charge in [-0.3, -0.25) is 14.3 Å². The molecule has 0 radical (unpaired) electrons. The highest BCUT2D eigenvalue weighted by atomic mass is 19.1. The molecule has 0 saturated carbocycles. The number of benzene rings is 1. The highest BCUT2D eigenvalue weighted by Crippen LogP contribution is 2.09. The largest absolute Gasteiger partial charge is 0.492 e. The molecule has 0 fully saturated rings. The van der Waals surface area contributed by atoms with Gasteiger partial charge >= 0.3 is 5.69 Å². The number of hydrogen-bond donors (Lipinski definition) is 2. The molecule has 0 amide bonds. The quantitative estimate of drug-likeness (QED) is 0.863. The molecule has 0 saturated heterocycles. The summed E-state index contributed by atoms with van der Waals surface area (Å²) in [5, 5.41) is 9.39. The van der Waals surface area contributed by atoms with Crippen LogP contribution in [0.15, 0.2) is 33.9 Å². The fourth-order valence-electron chi connectivity index (χ4n) is 1.64. The molecule has 2 rings (SSSR count). The van der Waals surface area contributed by atoms with Crippen LogP contribution in [0.4, 0.5) is 8.78 Å². The predicted octanol–water partition coefficient (Wildman–Crippen LogP) is 0.763. The number of aromatic hydroxyl groups is 1. The molecule has 1 heterocycles. The van der Waals surface area contributed by atoms with E-state index in [1.165, 1.54) is 24.3 Å². The molecule has 0 spiro atoms. The first-order valence-electron chi connectivity index (χ1n) is 5.45. The van der Waals surface area contributed by atoms with E-state index < -0.39 is 22.9 Å². The topological polar surface area (TPSA) is 75.1 Å². The summed E-state index contributed by atoms with van der Waals surface area (Å²) < 4.78 is 26.5. The van der Waals surface area contributed by atoms with Crippen molar-refractivity contribution in [1.29, 1.82) is 0 Å². The maximum absolute atomic E-state index is 13.1. The van der Waals surface area contributed by atoms with Crippen LogP contribution in [0.2, 0.25) is 0 Å². The molecular weight excluding hydrogens is 258 g/mol. The van der Waals surface area contributed by atoms with Crippen molar-refractivity contribution in [3.05, 3.63) is 62.3 Å². The maximum atomic E-state index is 13.1. The van der Waals surface area contributed by atoms with Crippen molar-refractivity contribution in [3.63, 3.8) is 0 Å². The van der Waals surface area contributed by atoms with Crippen molar-refractivity contribution >= 4 is 0 Å². The number of H-pyrrole nitrogens is 1. The summed E-state index contributed by atoms with van der Waals surface area (Å²) >= 11 is 0. The minimum absolute atomic E-state index is 0.0377. The first-order chi connectivity index (χ1) is 8.99. The molecule has 0 aliphatic rings. The summed E-state index contributed by atoms with van der Waals surface area (Å²) in [5.74, 6) is -2.80. The molecule has 0 aliphatic heterocycles. The SMILES string of the molecule is O=c1[nH]c(=O)n(CCc2ccc(F)cc2)c(O)c1F. The Morgan fingerprint density at radius 1 is 1.16 bits per heavy atom. The van der Waals surface area contributed by atoms with E-state index in [0.717, 1.165) is 0 Å². The standard InChI is InChI=1S/C12H10F2N2O3/c13-8-3-1-7(2-4-8)5-6-16-11(18)9(14)10(17)15-12(16)19/h1-4,18H,5-6H2,(H,15,17,19). The second-order valence-corrected chi connectivity index (χ2v) is 3.92. The Balaban J connectivity index is 2.25. The van der Waals surface area contributed by atoms with E-state index in [-0.39, 0.29) is 18.8 Å². The summed E-state index contributed by atoms with van der Waals surface area (Å²) in [7, 11) is 0. The second kappa shape index (κ2) is 5.05. The second-order valence-electron chi connectivity index (χ2n) is 3.92. The number of aromatic nitrogens is 2. The fourth-order valence-corrected chi connectivity index (χ4v) is 1.64. The van der Waals surface area contributed by atoms with Gasteiger partial charge in [-0.1, -0.05) is 12.1 Å². The summed E-state index contributed by atoms with van der Waals surface area (Å²) in [6.45, 7) is -0.0377. The van der Waals surface area contributed by atoms with Gasteiger partial charge in [-0.2, -0.15) is 4.39 Å². The Hall–Kier alpha value is -2.44. The number of hydrogen-bond acceptors (Lipinski definition) is 3. The van der Waals surface area contributed by atoms with Gasteiger partial charge < -0.3 is 5.11 Å². The van der Waals surface area contributed by atoms with Gasteiger partial charge in [0.05, 0.1) is 0 Å². The zero-order chi connectivity index (χ0) is 14.0. The summed E-state index contributed by atoms with van der Waals surface area (Å²) in [6.07, 6.45) is 0.277. The van der Waals surface area contributed by atoms with E-state index in [2.05, 4.69) is 0 Å². The maximum Gasteiger partial charge on any atom is 0.331 e. The number of nitrogens with one attached hydrogen (secondary N) is 1. The summed E-state index contributed by atoms with van der Waals surface area (Å²) in [6, 6.07) is 5.54. The molecule has 0 aliphatic carbocycles. The van der Waals surface area contributed by atoms with Gasteiger partial charge in [0.15, 0.2) is 0 Å². The lowest BCUT2D eigenvalue weighted by atomic mass is 10.1. The third-order valence-corrected chi connectivity index (χ3v) is 2.65. The van der Waals surface area contributed by atoms with Crippen molar-refractivity contribution in [2.75, 3.05) is 0 Å². The van der Waals surface area contributed by atoms with Gasteiger partial charge in [-0.15, -0.1) is 0 Å². The zero-order valence-electron chi connectivity index (χ0n) is 9.69. The van der Waals surface area contributed by atoms with Gasteiger partial charge in [0, 0.05) is 6.54 Å². The van der Waals surface area contributed by atoms with E-state index in [1.54, 1.807) is 4.98 Å². The normalized spacial score (nSPS) is 10.6. The third kappa shape index (κ3) is 2.70. The number of aryl methyl sites for hydroxylation is 1.